The van der Waals surface area contributed by atoms with E-state index in [0.29, 0.717) is 61.4 Å². The molecule has 3 N–H and O–H groups in total. The molecule has 1 aromatic heterocycles. The van der Waals surface area contributed by atoms with Gasteiger partial charge in [-0.2, -0.15) is 0 Å². The maximum absolute atomic E-state index is 14.7. The molecule has 3 heterocycles. The second-order valence-corrected chi connectivity index (χ2v) is 19.4. The standard InChI is InChI=1S/C43H56N6O10S/c1-42(2,3)59-41(53)45-34-18-20-57-19-8-7-9-28-24-43(28,40(52)47-60(54,55)32-15-16-32)46-37(50)36-23-31(25-49(36)39(34)51)58-38-33-17-12-29(48(4)5)21-27(33)22-35(44-38)26-10-13-30(56-6)14-11-26/h10-14,17,21-22,28,31-32,34,36H,7-9,15-16,18-20,23-25H2,1-6H3,(H,45,53)(H,46,50)(H,47,52)/t28-,31-,34+,36+,43-/m1/s1. The molecule has 16 nitrogen and oxygen atoms in total. The maximum Gasteiger partial charge on any atom is 0.408 e. The molecular weight excluding hydrogens is 793 g/mol. The van der Waals surface area contributed by atoms with E-state index in [9.17, 15) is 27.6 Å². The normalized spacial score (nSPS) is 25.1. The second kappa shape index (κ2) is 17.1. The number of anilines is 1. The molecule has 3 aromatic rings. The van der Waals surface area contributed by atoms with Crippen LogP contribution in [0.25, 0.3) is 22.0 Å². The highest BCUT2D eigenvalue weighted by Gasteiger charge is 2.62. The molecular formula is C43H56N6O10S. The Labute approximate surface area is 351 Å². The van der Waals surface area contributed by atoms with Gasteiger partial charge >= 0.3 is 6.09 Å². The predicted molar refractivity (Wildman–Crippen MR) is 224 cm³/mol. The number of carbonyl (C=O) groups is 4. The van der Waals surface area contributed by atoms with E-state index in [1.54, 1.807) is 27.9 Å². The van der Waals surface area contributed by atoms with Crippen LogP contribution in [0.2, 0.25) is 0 Å². The van der Waals surface area contributed by atoms with Crippen molar-refractivity contribution < 1.29 is 46.5 Å². The van der Waals surface area contributed by atoms with Gasteiger partial charge in [0.25, 0.3) is 5.91 Å². The average molecular weight is 849 g/mol. The first-order valence-electron chi connectivity index (χ1n) is 20.7. The number of amides is 4. The van der Waals surface area contributed by atoms with Gasteiger partial charge in [0.1, 0.15) is 35.1 Å². The molecule has 7 rings (SSSR count). The molecule has 2 saturated carbocycles. The maximum atomic E-state index is 14.7. The van der Waals surface area contributed by atoms with Crippen LogP contribution in [-0.2, 0) is 33.9 Å². The molecule has 17 heteroatoms. The quantitative estimate of drug-likeness (QED) is 0.277. The van der Waals surface area contributed by atoms with Crippen LogP contribution in [0.3, 0.4) is 0 Å². The lowest BCUT2D eigenvalue weighted by Crippen LogP contribution is -2.58. The highest BCUT2D eigenvalue weighted by Crippen LogP contribution is 2.48. The van der Waals surface area contributed by atoms with Crippen molar-refractivity contribution in [2.75, 3.05) is 45.9 Å². The summed E-state index contributed by atoms with van der Waals surface area (Å²) in [7, 11) is 1.59. The van der Waals surface area contributed by atoms with E-state index in [0.717, 1.165) is 16.6 Å². The zero-order valence-electron chi connectivity index (χ0n) is 35.1. The van der Waals surface area contributed by atoms with Crippen molar-refractivity contribution in [3.05, 3.63) is 48.5 Å². The summed E-state index contributed by atoms with van der Waals surface area (Å²) in [5.41, 5.74) is 0.0912. The largest absolute Gasteiger partial charge is 0.497 e. The van der Waals surface area contributed by atoms with Crippen LogP contribution in [0.5, 0.6) is 11.6 Å². The fourth-order valence-electron chi connectivity index (χ4n) is 7.98. The summed E-state index contributed by atoms with van der Waals surface area (Å²) in [5.74, 6) is -1.29. The van der Waals surface area contributed by atoms with Crippen LogP contribution in [0.1, 0.15) is 72.1 Å². The Morgan fingerprint density at radius 2 is 1.75 bits per heavy atom. The molecule has 2 aliphatic carbocycles. The van der Waals surface area contributed by atoms with Gasteiger partial charge in [0.15, 0.2) is 0 Å². The zero-order chi connectivity index (χ0) is 43.0. The third-order valence-corrected chi connectivity index (χ3v) is 13.3. The third-order valence-electron chi connectivity index (χ3n) is 11.5. The number of nitrogens with one attached hydrogen (secondary N) is 3. The van der Waals surface area contributed by atoms with Crippen molar-refractivity contribution in [1.29, 1.82) is 0 Å². The number of alkyl carbamates (subject to hydrolysis) is 1. The lowest BCUT2D eigenvalue weighted by Gasteiger charge is -2.30. The highest BCUT2D eigenvalue weighted by atomic mass is 32.2. The number of aromatic nitrogens is 1. The number of nitrogens with zero attached hydrogens (tertiary/aromatic N) is 3. The fraction of sp³-hybridized carbons (Fsp3) is 0.558. The summed E-state index contributed by atoms with van der Waals surface area (Å²) in [6.07, 6.45) is 1.61. The van der Waals surface area contributed by atoms with Gasteiger partial charge in [0, 0.05) is 56.8 Å². The van der Waals surface area contributed by atoms with Crippen molar-refractivity contribution >= 4 is 50.3 Å². The Morgan fingerprint density at radius 3 is 2.43 bits per heavy atom. The van der Waals surface area contributed by atoms with Crippen LogP contribution in [0, 0.1) is 5.92 Å². The number of pyridine rings is 1. The molecule has 5 atom stereocenters. The number of benzene rings is 2. The van der Waals surface area contributed by atoms with Crippen LogP contribution < -0.4 is 29.7 Å². The molecule has 4 aliphatic rings. The first-order chi connectivity index (χ1) is 28.5. The Morgan fingerprint density at radius 1 is 1.00 bits per heavy atom. The number of hydrogen-bond acceptors (Lipinski definition) is 12. The van der Waals surface area contributed by atoms with Crippen LogP contribution in [-0.4, -0.2) is 118 Å². The highest BCUT2D eigenvalue weighted by molar-refractivity contribution is 7.91. The molecule has 4 fully saturated rings. The summed E-state index contributed by atoms with van der Waals surface area (Å²) in [4.78, 5) is 64.5. The summed E-state index contributed by atoms with van der Waals surface area (Å²) < 4.78 is 51.6. The number of rotatable bonds is 9. The van der Waals surface area contributed by atoms with Crippen molar-refractivity contribution in [3.8, 4) is 22.9 Å². The number of methoxy groups -OCH3 is 1. The molecule has 0 spiro atoms. The summed E-state index contributed by atoms with van der Waals surface area (Å²) in [6, 6.07) is 13.1. The smallest absolute Gasteiger partial charge is 0.408 e. The summed E-state index contributed by atoms with van der Waals surface area (Å²) >= 11 is 0. The minimum Gasteiger partial charge on any atom is -0.497 e. The van der Waals surface area contributed by atoms with Gasteiger partial charge in [-0.1, -0.05) is 6.42 Å². The van der Waals surface area contributed by atoms with Crippen LogP contribution in [0.15, 0.2) is 48.5 Å². The number of sulfonamides is 1. The lowest BCUT2D eigenvalue weighted by molar-refractivity contribution is -0.141. The van der Waals surface area contributed by atoms with Gasteiger partial charge < -0.3 is 39.4 Å². The number of carbonyl (C=O) groups excluding carboxylic acids is 4. The average Bonchev–Trinajstić information content (AvgIpc) is 4.12. The Kier molecular flexibility index (Phi) is 12.2. The van der Waals surface area contributed by atoms with E-state index < -0.39 is 68.4 Å². The summed E-state index contributed by atoms with van der Waals surface area (Å²) in [6.45, 7) is 5.60. The number of fused-ring (bicyclic) bond motifs is 3. The molecule has 0 bridgehead atoms. The number of ether oxygens (including phenoxy) is 4. The van der Waals surface area contributed by atoms with Crippen molar-refractivity contribution in [3.63, 3.8) is 0 Å². The van der Waals surface area contributed by atoms with E-state index in [1.807, 2.05) is 67.5 Å². The molecule has 324 valence electrons. The van der Waals surface area contributed by atoms with Gasteiger partial charge in [0.2, 0.25) is 27.7 Å². The predicted octanol–water partition coefficient (Wildman–Crippen LogP) is 4.29. The molecule has 4 amide bonds. The summed E-state index contributed by atoms with van der Waals surface area (Å²) in [5, 5.41) is 6.57. The lowest BCUT2D eigenvalue weighted by atomic mass is 10.1. The SMILES string of the molecule is COc1ccc(-c2cc3cc(N(C)C)ccc3c(O[C@@H]3C[C@H]4C(=O)N[C@]5(C(=O)NS(=O)(=O)C6CC6)C[C@H]5CCCCOCC[C@H](NC(=O)OC(C)(C)C)C(=O)N4C3)n2)cc1. The first kappa shape index (κ1) is 42.9. The van der Waals surface area contributed by atoms with Crippen LogP contribution >= 0.6 is 0 Å². The molecule has 2 saturated heterocycles. The van der Waals surface area contributed by atoms with Gasteiger partial charge in [-0.15, -0.1) is 0 Å². The van der Waals surface area contributed by atoms with E-state index in [4.69, 9.17) is 23.9 Å². The number of hydrogen-bond donors (Lipinski definition) is 3. The molecule has 0 unspecified atom stereocenters. The molecule has 2 aliphatic heterocycles. The topological polar surface area (TPSA) is 195 Å². The Balaban J connectivity index is 1.23. The minimum absolute atomic E-state index is 0.0156. The van der Waals surface area contributed by atoms with Crippen molar-refractivity contribution in [1.82, 2.24) is 25.2 Å². The monoisotopic (exact) mass is 848 g/mol. The van der Waals surface area contributed by atoms with Gasteiger partial charge in [-0.05, 0) is 113 Å². The first-order valence-corrected chi connectivity index (χ1v) is 22.2. The van der Waals surface area contributed by atoms with E-state index in [2.05, 4.69) is 15.4 Å². The minimum atomic E-state index is -3.91. The van der Waals surface area contributed by atoms with Gasteiger partial charge in [-0.25, -0.2) is 18.2 Å². The van der Waals surface area contributed by atoms with Crippen LogP contribution in [0.4, 0.5) is 10.5 Å². The Hall–Kier alpha value is -5.16. The molecule has 0 radical (unpaired) electrons. The fourth-order valence-corrected chi connectivity index (χ4v) is 9.34. The molecule has 60 heavy (non-hydrogen) atoms. The van der Waals surface area contributed by atoms with E-state index in [-0.39, 0.29) is 38.3 Å². The van der Waals surface area contributed by atoms with Crippen molar-refractivity contribution in [2.45, 2.75) is 107 Å². The Bertz CT molecular complexity index is 2220. The van der Waals surface area contributed by atoms with Crippen molar-refractivity contribution in [2.24, 2.45) is 5.92 Å². The van der Waals surface area contributed by atoms with Gasteiger partial charge in [-0.3, -0.25) is 19.1 Å². The van der Waals surface area contributed by atoms with E-state index in [1.165, 1.54) is 4.90 Å². The zero-order valence-corrected chi connectivity index (χ0v) is 35.9. The molecule has 2 aromatic carbocycles. The third kappa shape index (κ3) is 9.72. The van der Waals surface area contributed by atoms with E-state index >= 15 is 0 Å². The second-order valence-electron chi connectivity index (χ2n) is 17.5. The van der Waals surface area contributed by atoms with Gasteiger partial charge in [0.05, 0.1) is 24.6 Å².